The number of nitrogens with one attached hydrogen (secondary N) is 1. The molecule has 0 aromatic heterocycles. The number of anilines is 2. The lowest BCUT2D eigenvalue weighted by Gasteiger charge is -2.29. The van der Waals surface area contributed by atoms with Gasteiger partial charge in [-0.2, -0.15) is 0 Å². The van der Waals surface area contributed by atoms with E-state index in [9.17, 15) is 9.59 Å². The number of urea groups is 1. The largest absolute Gasteiger partial charge is 0.482 e. The second kappa shape index (κ2) is 6.43. The number of rotatable bonds is 2. The first-order chi connectivity index (χ1) is 12.2. The van der Waals surface area contributed by atoms with Gasteiger partial charge in [0, 0.05) is 25.3 Å². The van der Waals surface area contributed by atoms with Gasteiger partial charge in [0.25, 0.3) is 5.91 Å². The summed E-state index contributed by atoms with van der Waals surface area (Å²) in [5.41, 5.74) is 1.41. The molecule has 6 heteroatoms. The van der Waals surface area contributed by atoms with Gasteiger partial charge in [0.05, 0.1) is 5.69 Å². The molecule has 0 bridgehead atoms. The van der Waals surface area contributed by atoms with Crippen molar-refractivity contribution < 1.29 is 14.3 Å². The number of nitrogens with zero attached hydrogens (tertiary/aromatic N) is 2. The zero-order chi connectivity index (χ0) is 17.4. The maximum Gasteiger partial charge on any atom is 0.321 e. The van der Waals surface area contributed by atoms with Crippen molar-refractivity contribution in [1.29, 1.82) is 0 Å². The fourth-order valence-corrected chi connectivity index (χ4v) is 4.01. The number of hydrogen-bond donors (Lipinski definition) is 1. The van der Waals surface area contributed by atoms with E-state index >= 15 is 0 Å². The molecule has 1 fully saturated rings. The summed E-state index contributed by atoms with van der Waals surface area (Å²) in [5.74, 6) is 1.79. The van der Waals surface area contributed by atoms with Gasteiger partial charge in [0.2, 0.25) is 0 Å². The maximum atomic E-state index is 12.6. The van der Waals surface area contributed by atoms with Gasteiger partial charge in [-0.3, -0.25) is 4.79 Å². The van der Waals surface area contributed by atoms with Crippen molar-refractivity contribution in [2.75, 3.05) is 36.5 Å². The Morgan fingerprint density at radius 2 is 1.96 bits per heavy atom. The van der Waals surface area contributed by atoms with Crippen LogP contribution in [-0.4, -0.2) is 43.1 Å². The molecule has 0 spiro atoms. The Kier molecular flexibility index (Phi) is 4.11. The maximum absolute atomic E-state index is 12.6. The van der Waals surface area contributed by atoms with Crippen molar-refractivity contribution in [3.05, 3.63) is 30.4 Å². The standard InChI is InChI=1S/C19H23N3O3/c1-2-22-16-9-15(7-8-17(16)25-12-18(22)23)20-19(24)21-10-13-5-3-4-6-14(13)11-21/h3-4,7-9,13-14H,2,5-6,10-12H2,1H3,(H,20,24)/t13-,14+. The van der Waals surface area contributed by atoms with Crippen LogP contribution in [-0.2, 0) is 4.79 Å². The molecule has 0 radical (unpaired) electrons. The first-order valence-electron chi connectivity index (χ1n) is 8.94. The van der Waals surface area contributed by atoms with Crippen molar-refractivity contribution in [1.82, 2.24) is 4.90 Å². The Hall–Kier alpha value is -2.50. The summed E-state index contributed by atoms with van der Waals surface area (Å²) in [6, 6.07) is 5.39. The van der Waals surface area contributed by atoms with Crippen LogP contribution in [0.4, 0.5) is 16.2 Å². The Balaban J connectivity index is 1.47. The molecule has 2 atom stereocenters. The molecule has 0 unspecified atom stereocenters. The molecule has 1 aromatic carbocycles. The number of likely N-dealkylation sites (tertiary alicyclic amines) is 1. The summed E-state index contributed by atoms with van der Waals surface area (Å²) < 4.78 is 5.47. The van der Waals surface area contributed by atoms with Crippen LogP contribution in [0.25, 0.3) is 0 Å². The fraction of sp³-hybridized carbons (Fsp3) is 0.474. The van der Waals surface area contributed by atoms with E-state index in [1.165, 1.54) is 0 Å². The van der Waals surface area contributed by atoms with E-state index in [1.54, 1.807) is 4.90 Å². The highest BCUT2D eigenvalue weighted by Crippen LogP contribution is 2.35. The molecule has 3 aliphatic rings. The molecule has 1 aliphatic carbocycles. The number of amides is 3. The lowest BCUT2D eigenvalue weighted by Crippen LogP contribution is -2.38. The number of carbonyl (C=O) groups is 2. The first kappa shape index (κ1) is 16.0. The van der Waals surface area contributed by atoms with Gasteiger partial charge < -0.3 is 19.9 Å². The number of benzene rings is 1. The van der Waals surface area contributed by atoms with Gasteiger partial charge in [-0.05, 0) is 49.8 Å². The highest BCUT2D eigenvalue weighted by molar-refractivity contribution is 5.99. The molecule has 2 aliphatic heterocycles. The minimum absolute atomic E-state index is 0.0606. The van der Waals surface area contributed by atoms with Crippen LogP contribution >= 0.6 is 0 Å². The first-order valence-corrected chi connectivity index (χ1v) is 8.94. The predicted molar refractivity (Wildman–Crippen MR) is 95.9 cm³/mol. The monoisotopic (exact) mass is 341 g/mol. The van der Waals surface area contributed by atoms with Crippen LogP contribution in [0, 0.1) is 11.8 Å². The minimum Gasteiger partial charge on any atom is -0.482 e. The van der Waals surface area contributed by atoms with Crippen LogP contribution in [0.1, 0.15) is 19.8 Å². The Morgan fingerprint density at radius 3 is 2.64 bits per heavy atom. The molecule has 6 nitrogen and oxygen atoms in total. The topological polar surface area (TPSA) is 61.9 Å². The molecule has 2 heterocycles. The molecule has 25 heavy (non-hydrogen) atoms. The summed E-state index contributed by atoms with van der Waals surface area (Å²) in [5, 5.41) is 2.98. The molecule has 0 saturated carbocycles. The van der Waals surface area contributed by atoms with E-state index in [0.717, 1.165) is 31.6 Å². The highest BCUT2D eigenvalue weighted by atomic mass is 16.5. The lowest BCUT2D eigenvalue weighted by molar-refractivity contribution is -0.121. The summed E-state index contributed by atoms with van der Waals surface area (Å²) in [4.78, 5) is 28.2. The zero-order valence-electron chi connectivity index (χ0n) is 14.4. The molecule has 1 aromatic rings. The number of ether oxygens (including phenoxy) is 1. The van der Waals surface area contributed by atoms with E-state index in [4.69, 9.17) is 4.74 Å². The summed E-state index contributed by atoms with van der Waals surface area (Å²) in [6.45, 7) is 4.20. The lowest BCUT2D eigenvalue weighted by atomic mass is 9.86. The van der Waals surface area contributed by atoms with Crippen molar-refractivity contribution in [2.45, 2.75) is 19.8 Å². The second-order valence-corrected chi connectivity index (χ2v) is 6.91. The number of allylic oxidation sites excluding steroid dienone is 2. The molecule has 1 saturated heterocycles. The fourth-order valence-electron chi connectivity index (χ4n) is 4.01. The number of carbonyl (C=O) groups excluding carboxylic acids is 2. The average molecular weight is 341 g/mol. The van der Waals surface area contributed by atoms with E-state index in [0.29, 0.717) is 29.8 Å². The van der Waals surface area contributed by atoms with Crippen LogP contribution in [0.3, 0.4) is 0 Å². The van der Waals surface area contributed by atoms with Crippen molar-refractivity contribution >= 4 is 23.3 Å². The number of fused-ring (bicyclic) bond motifs is 2. The van der Waals surface area contributed by atoms with Gasteiger partial charge in [-0.15, -0.1) is 0 Å². The number of hydrogen-bond acceptors (Lipinski definition) is 3. The smallest absolute Gasteiger partial charge is 0.321 e. The Labute approximate surface area is 147 Å². The van der Waals surface area contributed by atoms with Crippen molar-refractivity contribution in [3.63, 3.8) is 0 Å². The summed E-state index contributed by atoms with van der Waals surface area (Å²) in [6.07, 6.45) is 6.58. The van der Waals surface area contributed by atoms with E-state index < -0.39 is 0 Å². The van der Waals surface area contributed by atoms with Crippen LogP contribution in [0.5, 0.6) is 5.75 Å². The quantitative estimate of drug-likeness (QED) is 0.842. The second-order valence-electron chi connectivity index (χ2n) is 6.91. The SMILES string of the molecule is CCN1C(=O)COc2ccc(NC(=O)N3C[C@H]4CC=CC[C@H]4C3)cc21. The van der Waals surface area contributed by atoms with Gasteiger partial charge in [-0.25, -0.2) is 4.79 Å². The molecule has 1 N–H and O–H groups in total. The molecule has 132 valence electrons. The van der Waals surface area contributed by atoms with Gasteiger partial charge in [-0.1, -0.05) is 12.2 Å². The van der Waals surface area contributed by atoms with E-state index in [-0.39, 0.29) is 18.5 Å². The van der Waals surface area contributed by atoms with Gasteiger partial charge >= 0.3 is 6.03 Å². The van der Waals surface area contributed by atoms with Gasteiger partial charge in [0.1, 0.15) is 5.75 Å². The normalized spacial score (nSPS) is 24.6. The summed E-state index contributed by atoms with van der Waals surface area (Å²) in [7, 11) is 0. The summed E-state index contributed by atoms with van der Waals surface area (Å²) >= 11 is 0. The third-order valence-electron chi connectivity index (χ3n) is 5.38. The van der Waals surface area contributed by atoms with E-state index in [2.05, 4.69) is 17.5 Å². The van der Waals surface area contributed by atoms with Crippen LogP contribution < -0.4 is 15.0 Å². The average Bonchev–Trinajstić information content (AvgIpc) is 3.06. The Bertz CT molecular complexity index is 715. The zero-order valence-corrected chi connectivity index (χ0v) is 14.4. The minimum atomic E-state index is -0.0690. The molecule has 3 amide bonds. The van der Waals surface area contributed by atoms with Crippen molar-refractivity contribution in [3.8, 4) is 5.75 Å². The van der Waals surface area contributed by atoms with Crippen LogP contribution in [0.15, 0.2) is 30.4 Å². The third-order valence-corrected chi connectivity index (χ3v) is 5.38. The molecular formula is C19H23N3O3. The molecule has 4 rings (SSSR count). The highest BCUT2D eigenvalue weighted by Gasteiger charge is 2.35. The van der Waals surface area contributed by atoms with Gasteiger partial charge in [0.15, 0.2) is 6.61 Å². The number of likely N-dealkylation sites (N-methyl/N-ethyl adjacent to an activating group) is 1. The predicted octanol–water partition coefficient (Wildman–Crippen LogP) is 2.86. The Morgan fingerprint density at radius 1 is 1.24 bits per heavy atom. The van der Waals surface area contributed by atoms with E-state index in [1.807, 2.05) is 30.0 Å². The van der Waals surface area contributed by atoms with Crippen LogP contribution in [0.2, 0.25) is 0 Å². The molecular weight excluding hydrogens is 318 g/mol. The third kappa shape index (κ3) is 2.97. The van der Waals surface area contributed by atoms with Crippen molar-refractivity contribution in [2.24, 2.45) is 11.8 Å².